The summed E-state index contributed by atoms with van der Waals surface area (Å²) in [4.78, 5) is 18.2. The SMILES string of the molecule is O=C(c1ccc(S(=O)(=O)N2CCCC2)cc1)N(/N=C/c1ccco1)c1nc2ccc(Br)cc2s1. The molecule has 1 amide bonds. The number of sulfonamides is 1. The minimum atomic E-state index is -3.56. The Morgan fingerprint density at radius 1 is 1.15 bits per heavy atom. The van der Waals surface area contributed by atoms with Crippen LogP contribution in [0.15, 0.2) is 79.7 Å². The second-order valence-electron chi connectivity index (χ2n) is 7.62. The molecule has 0 atom stereocenters. The highest BCUT2D eigenvalue weighted by atomic mass is 79.9. The number of benzene rings is 2. The molecule has 0 unspecified atom stereocenters. The van der Waals surface area contributed by atoms with E-state index in [1.807, 2.05) is 18.2 Å². The number of aromatic nitrogens is 1. The zero-order valence-corrected chi connectivity index (χ0v) is 21.0. The lowest BCUT2D eigenvalue weighted by atomic mass is 10.2. The number of hydrogen-bond donors (Lipinski definition) is 0. The van der Waals surface area contributed by atoms with Gasteiger partial charge < -0.3 is 4.42 Å². The van der Waals surface area contributed by atoms with Crippen molar-refractivity contribution in [1.29, 1.82) is 0 Å². The number of hydrazone groups is 1. The summed E-state index contributed by atoms with van der Waals surface area (Å²) in [5, 5.41) is 5.92. The molecule has 174 valence electrons. The Hall–Kier alpha value is -2.86. The molecule has 2 aromatic heterocycles. The summed E-state index contributed by atoms with van der Waals surface area (Å²) < 4.78 is 34.2. The van der Waals surface area contributed by atoms with E-state index < -0.39 is 15.9 Å². The predicted octanol–water partition coefficient (Wildman–Crippen LogP) is 5.12. The number of carbonyl (C=O) groups is 1. The van der Waals surface area contributed by atoms with Crippen LogP contribution in [0.1, 0.15) is 29.0 Å². The molecule has 3 heterocycles. The first-order chi connectivity index (χ1) is 16.4. The van der Waals surface area contributed by atoms with Crippen molar-refractivity contribution in [3.8, 4) is 0 Å². The first-order valence-electron chi connectivity index (χ1n) is 10.5. The summed E-state index contributed by atoms with van der Waals surface area (Å²) in [5.74, 6) is 0.0414. The second-order valence-corrected chi connectivity index (χ2v) is 11.5. The third-order valence-electron chi connectivity index (χ3n) is 5.36. The van der Waals surface area contributed by atoms with Crippen molar-refractivity contribution in [2.24, 2.45) is 5.10 Å². The normalized spacial score (nSPS) is 14.9. The van der Waals surface area contributed by atoms with Crippen molar-refractivity contribution in [3.63, 3.8) is 0 Å². The van der Waals surface area contributed by atoms with Crippen molar-refractivity contribution in [2.45, 2.75) is 17.7 Å². The van der Waals surface area contributed by atoms with Gasteiger partial charge >= 0.3 is 0 Å². The average molecular weight is 559 g/mol. The van der Waals surface area contributed by atoms with Gasteiger partial charge in [-0.05, 0) is 67.4 Å². The van der Waals surface area contributed by atoms with Gasteiger partial charge in [0.25, 0.3) is 5.91 Å². The molecule has 1 saturated heterocycles. The third-order valence-corrected chi connectivity index (χ3v) is 8.76. The highest BCUT2D eigenvalue weighted by Gasteiger charge is 2.28. The van der Waals surface area contributed by atoms with E-state index in [1.165, 1.54) is 57.4 Å². The summed E-state index contributed by atoms with van der Waals surface area (Å²) in [6.07, 6.45) is 4.67. The molecule has 0 N–H and O–H groups in total. The van der Waals surface area contributed by atoms with Gasteiger partial charge in [0.05, 0.1) is 27.6 Å². The number of anilines is 1. The van der Waals surface area contributed by atoms with Crippen molar-refractivity contribution >= 4 is 64.8 Å². The lowest BCUT2D eigenvalue weighted by Gasteiger charge is -2.16. The summed E-state index contributed by atoms with van der Waals surface area (Å²) in [5.41, 5.74) is 1.03. The van der Waals surface area contributed by atoms with Crippen LogP contribution in [0.25, 0.3) is 10.2 Å². The topological polar surface area (TPSA) is 96.1 Å². The molecule has 0 radical (unpaired) electrons. The number of fused-ring (bicyclic) bond motifs is 1. The highest BCUT2D eigenvalue weighted by molar-refractivity contribution is 9.10. The van der Waals surface area contributed by atoms with E-state index in [0.29, 0.717) is 24.0 Å². The molecule has 2 aromatic carbocycles. The molecule has 0 aliphatic carbocycles. The Morgan fingerprint density at radius 2 is 1.91 bits per heavy atom. The van der Waals surface area contributed by atoms with E-state index in [1.54, 1.807) is 12.1 Å². The van der Waals surface area contributed by atoms with Crippen LogP contribution in [-0.2, 0) is 10.0 Å². The number of thiazole rings is 1. The number of hydrogen-bond acceptors (Lipinski definition) is 7. The van der Waals surface area contributed by atoms with Gasteiger partial charge in [-0.2, -0.15) is 14.4 Å². The molecule has 34 heavy (non-hydrogen) atoms. The number of carbonyl (C=O) groups excluding carboxylic acids is 1. The predicted molar refractivity (Wildman–Crippen MR) is 135 cm³/mol. The quantitative estimate of drug-likeness (QED) is 0.242. The van der Waals surface area contributed by atoms with Gasteiger partial charge in [0.2, 0.25) is 15.2 Å². The Balaban J connectivity index is 1.48. The highest BCUT2D eigenvalue weighted by Crippen LogP contribution is 2.32. The summed E-state index contributed by atoms with van der Waals surface area (Å²) in [7, 11) is -3.56. The van der Waals surface area contributed by atoms with E-state index in [-0.39, 0.29) is 10.5 Å². The van der Waals surface area contributed by atoms with E-state index >= 15 is 0 Å². The van der Waals surface area contributed by atoms with Crippen LogP contribution in [0.5, 0.6) is 0 Å². The Labute approximate surface area is 208 Å². The smallest absolute Gasteiger partial charge is 0.280 e. The number of furan rings is 1. The van der Waals surface area contributed by atoms with Crippen molar-refractivity contribution < 1.29 is 17.6 Å². The van der Waals surface area contributed by atoms with E-state index in [4.69, 9.17) is 4.42 Å². The maximum absolute atomic E-state index is 13.4. The van der Waals surface area contributed by atoms with Crippen LogP contribution in [0, 0.1) is 0 Å². The standard InChI is InChI=1S/C23H19BrN4O4S2/c24-17-7-10-20-21(14-17)33-23(26-20)28(25-15-18-4-3-13-32-18)22(29)16-5-8-19(9-6-16)34(30,31)27-11-1-2-12-27/h3-10,13-15H,1-2,11-12H2/b25-15+. The van der Waals surface area contributed by atoms with Gasteiger partial charge in [-0.3, -0.25) is 4.79 Å². The van der Waals surface area contributed by atoms with Gasteiger partial charge in [0.1, 0.15) is 5.76 Å². The van der Waals surface area contributed by atoms with Crippen LogP contribution in [0.4, 0.5) is 5.13 Å². The van der Waals surface area contributed by atoms with Crippen molar-refractivity contribution in [1.82, 2.24) is 9.29 Å². The molecule has 8 nitrogen and oxygen atoms in total. The lowest BCUT2D eigenvalue weighted by molar-refractivity contribution is 0.0987. The summed E-state index contributed by atoms with van der Waals surface area (Å²) >= 11 is 4.77. The van der Waals surface area contributed by atoms with Crippen LogP contribution in [0.3, 0.4) is 0 Å². The molecular weight excluding hydrogens is 540 g/mol. The Bertz CT molecular complexity index is 1460. The van der Waals surface area contributed by atoms with Crippen molar-refractivity contribution in [3.05, 3.63) is 76.7 Å². The van der Waals surface area contributed by atoms with Gasteiger partial charge in [0.15, 0.2) is 0 Å². The molecule has 11 heteroatoms. The van der Waals surface area contributed by atoms with E-state index in [9.17, 15) is 13.2 Å². The van der Waals surface area contributed by atoms with E-state index in [0.717, 1.165) is 27.5 Å². The monoisotopic (exact) mass is 558 g/mol. The first kappa shape index (κ1) is 22.9. The Morgan fingerprint density at radius 3 is 2.62 bits per heavy atom. The van der Waals surface area contributed by atoms with Gasteiger partial charge in [-0.1, -0.05) is 27.3 Å². The number of halogens is 1. The molecular formula is C23H19BrN4O4S2. The maximum Gasteiger partial charge on any atom is 0.280 e. The minimum absolute atomic E-state index is 0.168. The minimum Gasteiger partial charge on any atom is -0.463 e. The number of amides is 1. The van der Waals surface area contributed by atoms with Crippen LogP contribution < -0.4 is 5.01 Å². The van der Waals surface area contributed by atoms with Gasteiger partial charge in [-0.15, -0.1) is 0 Å². The number of rotatable bonds is 6. The van der Waals surface area contributed by atoms with E-state index in [2.05, 4.69) is 26.0 Å². The van der Waals surface area contributed by atoms with Crippen molar-refractivity contribution in [2.75, 3.05) is 18.1 Å². The zero-order chi connectivity index (χ0) is 23.7. The fourth-order valence-corrected chi connectivity index (χ4v) is 6.61. The molecule has 1 aliphatic heterocycles. The van der Waals surface area contributed by atoms with Gasteiger partial charge in [-0.25, -0.2) is 13.4 Å². The van der Waals surface area contributed by atoms with Crippen LogP contribution in [0.2, 0.25) is 0 Å². The molecule has 5 rings (SSSR count). The van der Waals surface area contributed by atoms with Gasteiger partial charge in [0, 0.05) is 23.1 Å². The third kappa shape index (κ3) is 4.56. The molecule has 0 bridgehead atoms. The fourth-order valence-electron chi connectivity index (χ4n) is 3.61. The summed E-state index contributed by atoms with van der Waals surface area (Å²) in [6, 6.07) is 15.0. The Kier molecular flexibility index (Phi) is 6.34. The molecule has 0 spiro atoms. The second kappa shape index (κ2) is 9.41. The first-order valence-corrected chi connectivity index (χ1v) is 13.5. The molecule has 1 aliphatic rings. The number of nitrogens with zero attached hydrogens (tertiary/aromatic N) is 4. The zero-order valence-electron chi connectivity index (χ0n) is 17.8. The summed E-state index contributed by atoms with van der Waals surface area (Å²) in [6.45, 7) is 1.04. The lowest BCUT2D eigenvalue weighted by Crippen LogP contribution is -2.28. The molecule has 0 saturated carbocycles. The van der Waals surface area contributed by atoms with Crippen LogP contribution >= 0.6 is 27.3 Å². The largest absolute Gasteiger partial charge is 0.463 e. The average Bonchev–Trinajstić information content (AvgIpc) is 3.60. The fraction of sp³-hybridized carbons (Fsp3) is 0.174. The molecule has 1 fully saturated rings. The maximum atomic E-state index is 13.4. The van der Waals surface area contributed by atoms with Crippen LogP contribution in [-0.4, -0.2) is 42.9 Å². The molecule has 4 aromatic rings.